The van der Waals surface area contributed by atoms with Gasteiger partial charge in [-0.15, -0.1) is 11.3 Å². The Morgan fingerprint density at radius 2 is 1.73 bits per heavy atom. The SMILES string of the molecule is COc1cc(CNC(=O)c2csc(NC(=O)c3ccc(Cl)cc3Cl)n2)cc(OC)c1. The molecule has 0 bridgehead atoms. The average Bonchev–Trinajstić information content (AvgIpc) is 3.20. The first-order valence-electron chi connectivity index (χ1n) is 8.61. The second-order valence-corrected chi connectivity index (χ2v) is 7.72. The van der Waals surface area contributed by atoms with Crippen LogP contribution in [-0.4, -0.2) is 31.0 Å². The molecule has 1 aromatic heterocycles. The summed E-state index contributed by atoms with van der Waals surface area (Å²) in [5, 5.41) is 7.89. The number of nitrogens with one attached hydrogen (secondary N) is 2. The van der Waals surface area contributed by atoms with Gasteiger partial charge in [-0.25, -0.2) is 4.98 Å². The summed E-state index contributed by atoms with van der Waals surface area (Å²) in [6.45, 7) is 0.256. The minimum atomic E-state index is -0.443. The number of halogens is 2. The molecule has 2 N–H and O–H groups in total. The van der Waals surface area contributed by atoms with Crippen LogP contribution < -0.4 is 20.1 Å². The number of benzene rings is 2. The number of carbonyl (C=O) groups excluding carboxylic acids is 2. The summed E-state index contributed by atoms with van der Waals surface area (Å²) in [4.78, 5) is 28.9. The molecule has 0 fully saturated rings. The molecule has 1 heterocycles. The molecule has 0 aliphatic heterocycles. The van der Waals surface area contributed by atoms with Gasteiger partial charge >= 0.3 is 0 Å². The van der Waals surface area contributed by atoms with Crippen LogP contribution >= 0.6 is 34.5 Å². The summed E-state index contributed by atoms with van der Waals surface area (Å²) >= 11 is 13.0. The van der Waals surface area contributed by atoms with Crippen LogP contribution in [-0.2, 0) is 6.54 Å². The molecule has 0 spiro atoms. The topological polar surface area (TPSA) is 89.6 Å². The lowest BCUT2D eigenvalue weighted by atomic mass is 10.2. The van der Waals surface area contributed by atoms with Crippen molar-refractivity contribution in [1.82, 2.24) is 10.3 Å². The number of thiazole rings is 1. The zero-order chi connectivity index (χ0) is 21.7. The zero-order valence-corrected chi connectivity index (χ0v) is 18.3. The van der Waals surface area contributed by atoms with Crippen LogP contribution in [0.2, 0.25) is 10.0 Å². The number of ether oxygens (including phenoxy) is 2. The number of anilines is 1. The summed E-state index contributed by atoms with van der Waals surface area (Å²) in [6.07, 6.45) is 0. The van der Waals surface area contributed by atoms with Crippen molar-refractivity contribution in [2.24, 2.45) is 0 Å². The van der Waals surface area contributed by atoms with Crippen LogP contribution in [0.25, 0.3) is 0 Å². The summed E-state index contributed by atoms with van der Waals surface area (Å²) in [7, 11) is 3.11. The van der Waals surface area contributed by atoms with E-state index in [2.05, 4.69) is 15.6 Å². The van der Waals surface area contributed by atoms with Gasteiger partial charge < -0.3 is 14.8 Å². The maximum absolute atomic E-state index is 12.4. The van der Waals surface area contributed by atoms with E-state index in [1.807, 2.05) is 0 Å². The summed E-state index contributed by atoms with van der Waals surface area (Å²) in [6, 6.07) is 9.90. The maximum atomic E-state index is 12.4. The minimum absolute atomic E-state index is 0.187. The molecule has 156 valence electrons. The first-order chi connectivity index (χ1) is 14.4. The fraction of sp³-hybridized carbons (Fsp3) is 0.150. The Balaban J connectivity index is 1.63. The first-order valence-corrected chi connectivity index (χ1v) is 10.2. The van der Waals surface area contributed by atoms with E-state index in [9.17, 15) is 9.59 Å². The lowest BCUT2D eigenvalue weighted by Crippen LogP contribution is -2.23. The van der Waals surface area contributed by atoms with Gasteiger partial charge in [0.1, 0.15) is 17.2 Å². The normalized spacial score (nSPS) is 10.4. The van der Waals surface area contributed by atoms with Crippen molar-refractivity contribution >= 4 is 51.5 Å². The fourth-order valence-corrected chi connectivity index (χ4v) is 3.69. The predicted octanol–water partition coefficient (Wildman–Crippen LogP) is 4.65. The molecule has 0 aliphatic carbocycles. The molecule has 0 aliphatic rings. The second-order valence-electron chi connectivity index (χ2n) is 6.02. The molecule has 2 amide bonds. The van der Waals surface area contributed by atoms with Crippen molar-refractivity contribution in [2.45, 2.75) is 6.54 Å². The molecule has 3 rings (SSSR count). The van der Waals surface area contributed by atoms with Crippen molar-refractivity contribution in [3.05, 3.63) is 68.6 Å². The molecule has 3 aromatic rings. The number of nitrogens with zero attached hydrogens (tertiary/aromatic N) is 1. The van der Waals surface area contributed by atoms with Gasteiger partial charge in [0.2, 0.25) is 0 Å². The van der Waals surface area contributed by atoms with Crippen molar-refractivity contribution in [2.75, 3.05) is 19.5 Å². The molecular weight excluding hydrogens is 449 g/mol. The highest BCUT2D eigenvalue weighted by Gasteiger charge is 2.15. The number of hydrogen-bond donors (Lipinski definition) is 2. The molecular formula is C20H17Cl2N3O4S. The number of amides is 2. The second kappa shape index (κ2) is 9.80. The molecule has 30 heavy (non-hydrogen) atoms. The smallest absolute Gasteiger partial charge is 0.271 e. The van der Waals surface area contributed by atoms with Gasteiger partial charge in [-0.05, 0) is 35.9 Å². The lowest BCUT2D eigenvalue weighted by molar-refractivity contribution is 0.0945. The number of carbonyl (C=O) groups is 2. The molecule has 0 unspecified atom stereocenters. The van der Waals surface area contributed by atoms with Crippen molar-refractivity contribution in [3.63, 3.8) is 0 Å². The molecule has 7 nitrogen and oxygen atoms in total. The highest BCUT2D eigenvalue weighted by Crippen LogP contribution is 2.24. The molecule has 0 radical (unpaired) electrons. The van der Waals surface area contributed by atoms with Gasteiger partial charge in [0.15, 0.2) is 5.13 Å². The Morgan fingerprint density at radius 3 is 2.37 bits per heavy atom. The standard InChI is InChI=1S/C20H17Cl2N3O4S/c1-28-13-5-11(6-14(8-13)29-2)9-23-19(27)17-10-30-20(24-17)25-18(26)15-4-3-12(21)7-16(15)22/h3-8,10H,9H2,1-2H3,(H,23,27)(H,24,25,26). The van der Waals surface area contributed by atoms with Gasteiger partial charge in [-0.1, -0.05) is 23.2 Å². The Hall–Kier alpha value is -2.81. The lowest BCUT2D eigenvalue weighted by Gasteiger charge is -2.09. The Kier molecular flexibility index (Phi) is 7.15. The van der Waals surface area contributed by atoms with E-state index in [1.165, 1.54) is 12.1 Å². The van der Waals surface area contributed by atoms with Gasteiger partial charge in [-0.2, -0.15) is 0 Å². The molecule has 0 saturated carbocycles. The first kappa shape index (κ1) is 21.9. The Labute approximate surface area is 186 Å². The van der Waals surface area contributed by atoms with Gasteiger partial charge in [0.25, 0.3) is 11.8 Å². The van der Waals surface area contributed by atoms with Crippen LogP contribution in [0.3, 0.4) is 0 Å². The van der Waals surface area contributed by atoms with Gasteiger partial charge in [0, 0.05) is 23.0 Å². The fourth-order valence-electron chi connectivity index (χ4n) is 2.51. The third-order valence-corrected chi connectivity index (χ3v) is 5.30. The maximum Gasteiger partial charge on any atom is 0.271 e. The van der Waals surface area contributed by atoms with Crippen molar-refractivity contribution in [1.29, 1.82) is 0 Å². The minimum Gasteiger partial charge on any atom is -0.497 e. The van der Waals surface area contributed by atoms with E-state index in [1.54, 1.807) is 43.9 Å². The number of aromatic nitrogens is 1. The number of methoxy groups -OCH3 is 2. The third-order valence-electron chi connectivity index (χ3n) is 4.00. The largest absolute Gasteiger partial charge is 0.497 e. The Morgan fingerprint density at radius 1 is 1.03 bits per heavy atom. The summed E-state index contributed by atoms with van der Waals surface area (Å²) < 4.78 is 10.4. The van der Waals surface area contributed by atoms with Crippen LogP contribution in [0.4, 0.5) is 5.13 Å². The molecule has 2 aromatic carbocycles. The average molecular weight is 466 g/mol. The van der Waals surface area contributed by atoms with E-state index in [4.69, 9.17) is 32.7 Å². The molecule has 10 heteroatoms. The van der Waals surface area contributed by atoms with Crippen LogP contribution in [0.5, 0.6) is 11.5 Å². The zero-order valence-electron chi connectivity index (χ0n) is 16.0. The van der Waals surface area contributed by atoms with Crippen LogP contribution in [0.15, 0.2) is 41.8 Å². The van der Waals surface area contributed by atoms with E-state index in [0.29, 0.717) is 16.5 Å². The number of rotatable bonds is 7. The van der Waals surface area contributed by atoms with Gasteiger partial charge in [0.05, 0.1) is 24.8 Å². The van der Waals surface area contributed by atoms with E-state index >= 15 is 0 Å². The van der Waals surface area contributed by atoms with Crippen LogP contribution in [0, 0.1) is 0 Å². The Bertz CT molecular complexity index is 1070. The highest BCUT2D eigenvalue weighted by atomic mass is 35.5. The van der Waals surface area contributed by atoms with Gasteiger partial charge in [-0.3, -0.25) is 14.9 Å². The monoisotopic (exact) mass is 465 g/mol. The van der Waals surface area contributed by atoms with Crippen LogP contribution in [0.1, 0.15) is 26.4 Å². The summed E-state index contributed by atoms with van der Waals surface area (Å²) in [5.74, 6) is 0.427. The summed E-state index contributed by atoms with van der Waals surface area (Å²) in [5.41, 5.74) is 1.25. The quantitative estimate of drug-likeness (QED) is 0.529. The highest BCUT2D eigenvalue weighted by molar-refractivity contribution is 7.14. The number of hydrogen-bond acceptors (Lipinski definition) is 6. The third kappa shape index (κ3) is 5.41. The van der Waals surface area contributed by atoms with Crippen molar-refractivity contribution in [3.8, 4) is 11.5 Å². The molecule has 0 atom stereocenters. The van der Waals surface area contributed by atoms with E-state index < -0.39 is 5.91 Å². The molecule has 0 saturated heterocycles. The van der Waals surface area contributed by atoms with E-state index in [0.717, 1.165) is 16.9 Å². The van der Waals surface area contributed by atoms with E-state index in [-0.39, 0.29) is 33.9 Å². The predicted molar refractivity (Wildman–Crippen MR) is 117 cm³/mol. The van der Waals surface area contributed by atoms with Crippen molar-refractivity contribution < 1.29 is 19.1 Å².